The second kappa shape index (κ2) is 6.45. The van der Waals surface area contributed by atoms with Gasteiger partial charge in [0.05, 0.1) is 18.2 Å². The van der Waals surface area contributed by atoms with Crippen LogP contribution in [0.4, 0.5) is 0 Å². The van der Waals surface area contributed by atoms with Gasteiger partial charge in [-0.25, -0.2) is 8.42 Å². The van der Waals surface area contributed by atoms with Crippen LogP contribution in [-0.2, 0) is 17.1 Å². The third kappa shape index (κ3) is 3.06. The average molecular weight is 389 g/mol. The fourth-order valence-corrected chi connectivity index (χ4v) is 5.92. The third-order valence-electron chi connectivity index (χ3n) is 5.49. The standard InChI is InChI=1S/C19H23N3O4S/c1-14-13-20-21(2)18(14)27(24,25)22-10-5-8-19(9-11-22)12-16(23)15-6-3-4-7-17(15)26-19/h3-4,6-7,13H,5,8-12H2,1-2H3. The number of carbonyl (C=O) groups excluding carboxylic acids is 1. The SMILES string of the molecule is Cc1cnn(C)c1S(=O)(=O)N1CCCC2(CC1)CC(=O)c1ccccc1O2. The summed E-state index contributed by atoms with van der Waals surface area (Å²) in [5.74, 6) is 0.670. The minimum absolute atomic E-state index is 0.0654. The van der Waals surface area contributed by atoms with Crippen molar-refractivity contribution in [2.45, 2.75) is 43.2 Å². The molecule has 2 aromatic rings. The molecule has 1 saturated heterocycles. The minimum Gasteiger partial charge on any atom is -0.486 e. The number of carbonyl (C=O) groups is 1. The van der Waals surface area contributed by atoms with E-state index in [0.717, 1.165) is 0 Å². The van der Waals surface area contributed by atoms with Crippen molar-refractivity contribution < 1.29 is 17.9 Å². The monoisotopic (exact) mass is 389 g/mol. The summed E-state index contributed by atoms with van der Waals surface area (Å²) in [6, 6.07) is 7.27. The number of aryl methyl sites for hydroxylation is 2. The second-order valence-electron chi connectivity index (χ2n) is 7.40. The number of rotatable bonds is 2. The molecule has 7 nitrogen and oxygen atoms in total. The van der Waals surface area contributed by atoms with Crippen molar-refractivity contribution in [3.05, 3.63) is 41.6 Å². The number of para-hydroxylation sites is 1. The predicted molar refractivity (Wildman–Crippen MR) is 99.3 cm³/mol. The Bertz CT molecular complexity index is 979. The van der Waals surface area contributed by atoms with Crippen LogP contribution in [-0.4, -0.2) is 47.0 Å². The van der Waals surface area contributed by atoms with Crippen molar-refractivity contribution in [2.75, 3.05) is 13.1 Å². The van der Waals surface area contributed by atoms with Crippen LogP contribution < -0.4 is 4.74 Å². The first-order valence-corrected chi connectivity index (χ1v) is 10.6. The summed E-state index contributed by atoms with van der Waals surface area (Å²) in [6.07, 6.45) is 3.65. The molecule has 0 radical (unpaired) electrons. The highest BCUT2D eigenvalue weighted by atomic mass is 32.2. The van der Waals surface area contributed by atoms with Crippen molar-refractivity contribution >= 4 is 15.8 Å². The Kier molecular flexibility index (Phi) is 4.35. The molecule has 27 heavy (non-hydrogen) atoms. The summed E-state index contributed by atoms with van der Waals surface area (Å²) in [5, 5.41) is 4.29. The van der Waals surface area contributed by atoms with Gasteiger partial charge in [0, 0.05) is 32.1 Å². The smallest absolute Gasteiger partial charge is 0.260 e. The molecule has 8 heteroatoms. The highest BCUT2D eigenvalue weighted by molar-refractivity contribution is 7.89. The van der Waals surface area contributed by atoms with E-state index < -0.39 is 15.6 Å². The van der Waals surface area contributed by atoms with Crippen LogP contribution in [0.3, 0.4) is 0 Å². The summed E-state index contributed by atoms with van der Waals surface area (Å²) in [5.41, 5.74) is 0.619. The fraction of sp³-hybridized carbons (Fsp3) is 0.474. The van der Waals surface area contributed by atoms with Crippen LogP contribution >= 0.6 is 0 Å². The maximum absolute atomic E-state index is 13.1. The molecule has 0 aliphatic carbocycles. The predicted octanol–water partition coefficient (Wildman–Crippen LogP) is 2.31. The van der Waals surface area contributed by atoms with Gasteiger partial charge in [-0.3, -0.25) is 9.48 Å². The number of Topliss-reactive ketones (excluding diaryl/α,β-unsaturated/α-hetero) is 1. The van der Waals surface area contributed by atoms with Crippen LogP contribution in [0.5, 0.6) is 5.75 Å². The fourth-order valence-electron chi connectivity index (χ4n) is 4.13. The van der Waals surface area contributed by atoms with E-state index in [9.17, 15) is 13.2 Å². The number of hydrogen-bond donors (Lipinski definition) is 0. The van der Waals surface area contributed by atoms with Gasteiger partial charge in [0.2, 0.25) is 0 Å². The second-order valence-corrected chi connectivity index (χ2v) is 9.25. The number of aromatic nitrogens is 2. The molecule has 1 spiro atoms. The van der Waals surface area contributed by atoms with Gasteiger partial charge in [-0.15, -0.1) is 0 Å². The van der Waals surface area contributed by atoms with Gasteiger partial charge in [-0.2, -0.15) is 9.40 Å². The topological polar surface area (TPSA) is 81.5 Å². The molecule has 1 aromatic carbocycles. The van der Waals surface area contributed by atoms with Crippen molar-refractivity contribution in [1.29, 1.82) is 0 Å². The van der Waals surface area contributed by atoms with Gasteiger partial charge >= 0.3 is 0 Å². The van der Waals surface area contributed by atoms with E-state index in [-0.39, 0.29) is 10.8 Å². The summed E-state index contributed by atoms with van der Waals surface area (Å²) < 4.78 is 35.4. The number of nitrogens with zero attached hydrogens (tertiary/aromatic N) is 3. The highest BCUT2D eigenvalue weighted by Gasteiger charge is 2.43. The molecule has 0 saturated carbocycles. The number of hydrogen-bond acceptors (Lipinski definition) is 5. The highest BCUT2D eigenvalue weighted by Crippen LogP contribution is 2.39. The summed E-state index contributed by atoms with van der Waals surface area (Å²) in [6.45, 7) is 2.48. The first kappa shape index (κ1) is 18.2. The van der Waals surface area contributed by atoms with Crippen LogP contribution in [0.1, 0.15) is 41.6 Å². The Labute approximate surface area is 159 Å². The molecule has 3 heterocycles. The number of ketones is 1. The molecular formula is C19H23N3O4S. The normalized spacial score (nSPS) is 23.7. The first-order chi connectivity index (χ1) is 12.8. The van der Waals surface area contributed by atoms with E-state index in [0.29, 0.717) is 55.6 Å². The van der Waals surface area contributed by atoms with Crippen molar-refractivity contribution in [2.24, 2.45) is 7.05 Å². The van der Waals surface area contributed by atoms with Gasteiger partial charge < -0.3 is 4.74 Å². The molecule has 1 aromatic heterocycles. The summed E-state index contributed by atoms with van der Waals surface area (Å²) in [7, 11) is -2.00. The third-order valence-corrected chi connectivity index (χ3v) is 7.61. The lowest BCUT2D eigenvalue weighted by Crippen LogP contribution is -2.43. The maximum atomic E-state index is 13.1. The molecule has 0 amide bonds. The van der Waals surface area contributed by atoms with Gasteiger partial charge in [0.1, 0.15) is 11.4 Å². The Morgan fingerprint density at radius 3 is 2.70 bits per heavy atom. The number of fused-ring (bicyclic) bond motifs is 1. The van der Waals surface area contributed by atoms with Crippen molar-refractivity contribution in [1.82, 2.24) is 14.1 Å². The van der Waals surface area contributed by atoms with Gasteiger partial charge in [0.15, 0.2) is 10.8 Å². The molecule has 4 rings (SSSR count). The lowest BCUT2D eigenvalue weighted by molar-refractivity contribution is 0.0312. The quantitative estimate of drug-likeness (QED) is 0.787. The molecule has 2 aliphatic heterocycles. The summed E-state index contributed by atoms with van der Waals surface area (Å²) >= 11 is 0. The Hall–Kier alpha value is -2.19. The first-order valence-electron chi connectivity index (χ1n) is 9.12. The molecule has 144 valence electrons. The van der Waals surface area contributed by atoms with Crippen LogP contribution in [0.25, 0.3) is 0 Å². The van der Waals surface area contributed by atoms with E-state index in [1.54, 1.807) is 26.2 Å². The van der Waals surface area contributed by atoms with Gasteiger partial charge in [0.25, 0.3) is 10.0 Å². The number of ether oxygens (including phenoxy) is 1. The zero-order chi connectivity index (χ0) is 19.2. The van der Waals surface area contributed by atoms with E-state index in [4.69, 9.17) is 4.74 Å². The number of benzene rings is 1. The van der Waals surface area contributed by atoms with Gasteiger partial charge in [-0.1, -0.05) is 12.1 Å². The van der Waals surface area contributed by atoms with Crippen LogP contribution in [0, 0.1) is 6.92 Å². The molecule has 1 unspecified atom stereocenters. The molecular weight excluding hydrogens is 366 g/mol. The van der Waals surface area contributed by atoms with E-state index in [2.05, 4.69) is 5.10 Å². The molecule has 0 bridgehead atoms. The average Bonchev–Trinajstić information content (AvgIpc) is 2.84. The minimum atomic E-state index is -3.64. The van der Waals surface area contributed by atoms with E-state index in [1.807, 2.05) is 18.2 Å². The maximum Gasteiger partial charge on any atom is 0.260 e. The van der Waals surface area contributed by atoms with Crippen molar-refractivity contribution in [3.63, 3.8) is 0 Å². The lowest BCUT2D eigenvalue weighted by atomic mass is 9.84. The largest absolute Gasteiger partial charge is 0.486 e. The Balaban J connectivity index is 1.59. The van der Waals surface area contributed by atoms with Gasteiger partial charge in [-0.05, 0) is 31.9 Å². The van der Waals surface area contributed by atoms with Crippen LogP contribution in [0.2, 0.25) is 0 Å². The summed E-state index contributed by atoms with van der Waals surface area (Å²) in [4.78, 5) is 12.6. The van der Waals surface area contributed by atoms with Crippen molar-refractivity contribution in [3.8, 4) is 5.75 Å². The number of sulfonamides is 1. The molecule has 1 atom stereocenters. The Morgan fingerprint density at radius 1 is 1.19 bits per heavy atom. The van der Waals surface area contributed by atoms with Crippen LogP contribution in [0.15, 0.2) is 35.5 Å². The molecule has 1 fully saturated rings. The Morgan fingerprint density at radius 2 is 1.96 bits per heavy atom. The molecule has 2 aliphatic rings. The lowest BCUT2D eigenvalue weighted by Gasteiger charge is -2.37. The zero-order valence-corrected chi connectivity index (χ0v) is 16.3. The zero-order valence-electron chi connectivity index (χ0n) is 15.5. The molecule has 0 N–H and O–H groups in total. The van der Waals surface area contributed by atoms with E-state index >= 15 is 0 Å². The van der Waals surface area contributed by atoms with E-state index in [1.165, 1.54) is 8.99 Å².